The van der Waals surface area contributed by atoms with Gasteiger partial charge in [0.2, 0.25) is 11.5 Å². The highest BCUT2D eigenvalue weighted by Gasteiger charge is 2.35. The van der Waals surface area contributed by atoms with Crippen LogP contribution < -0.4 is 23.7 Å². The molecular weight excluding hydrogens is 434 g/mol. The van der Waals surface area contributed by atoms with Crippen LogP contribution in [0.1, 0.15) is 59.2 Å². The highest BCUT2D eigenvalue weighted by Crippen LogP contribution is 2.44. The second-order valence-electron chi connectivity index (χ2n) is 9.08. The lowest BCUT2D eigenvalue weighted by atomic mass is 9.93. The molecule has 7 nitrogen and oxygen atoms in total. The molecule has 2 heterocycles. The number of hydrogen-bond acceptors (Lipinski definition) is 7. The second kappa shape index (κ2) is 9.22. The first-order chi connectivity index (χ1) is 16.5. The average molecular weight is 466 g/mol. The number of benzene rings is 2. The highest BCUT2D eigenvalue weighted by atomic mass is 16.5. The zero-order valence-electron chi connectivity index (χ0n) is 20.2. The number of fused-ring (bicyclic) bond motifs is 2. The molecule has 5 rings (SSSR count). The minimum atomic E-state index is -0.135. The van der Waals surface area contributed by atoms with E-state index in [1.807, 2.05) is 13.0 Å². The van der Waals surface area contributed by atoms with Gasteiger partial charge in [-0.25, -0.2) is 0 Å². The Hall–Kier alpha value is -3.19. The van der Waals surface area contributed by atoms with Crippen LogP contribution in [0.2, 0.25) is 0 Å². The minimum absolute atomic E-state index is 0.135. The van der Waals surface area contributed by atoms with Crippen LogP contribution >= 0.6 is 0 Å². The number of ether oxygens (including phenoxy) is 5. The summed E-state index contributed by atoms with van der Waals surface area (Å²) < 4.78 is 28.5. The summed E-state index contributed by atoms with van der Waals surface area (Å²) in [7, 11) is 4.68. The summed E-state index contributed by atoms with van der Waals surface area (Å²) in [6.07, 6.45) is 8.01. The van der Waals surface area contributed by atoms with Crippen molar-refractivity contribution in [2.45, 2.75) is 51.6 Å². The zero-order valence-corrected chi connectivity index (χ0v) is 20.2. The third kappa shape index (κ3) is 3.88. The van der Waals surface area contributed by atoms with Gasteiger partial charge in [0.15, 0.2) is 17.3 Å². The summed E-state index contributed by atoms with van der Waals surface area (Å²) in [6, 6.07) is 6.08. The van der Waals surface area contributed by atoms with E-state index in [0.717, 1.165) is 23.4 Å². The fraction of sp³-hybridized carbons (Fsp3) is 0.444. The Morgan fingerprint density at radius 1 is 0.971 bits per heavy atom. The van der Waals surface area contributed by atoms with Crippen molar-refractivity contribution in [3.8, 4) is 28.7 Å². The zero-order chi connectivity index (χ0) is 23.8. The average Bonchev–Trinajstić information content (AvgIpc) is 3.18. The van der Waals surface area contributed by atoms with Gasteiger partial charge < -0.3 is 23.7 Å². The van der Waals surface area contributed by atoms with E-state index in [9.17, 15) is 4.79 Å². The quantitative estimate of drug-likeness (QED) is 0.568. The van der Waals surface area contributed by atoms with Crippen molar-refractivity contribution in [2.75, 3.05) is 28.1 Å². The van der Waals surface area contributed by atoms with Crippen molar-refractivity contribution in [1.29, 1.82) is 0 Å². The summed E-state index contributed by atoms with van der Waals surface area (Å²) in [5, 5.41) is 0. The van der Waals surface area contributed by atoms with Crippen molar-refractivity contribution in [3.63, 3.8) is 0 Å². The smallest absolute Gasteiger partial charge is 0.231 e. The van der Waals surface area contributed by atoms with Gasteiger partial charge in [0, 0.05) is 23.7 Å². The number of methoxy groups -OCH3 is 3. The molecule has 0 radical (unpaired) electrons. The Morgan fingerprint density at radius 2 is 1.68 bits per heavy atom. The minimum Gasteiger partial charge on any atom is -0.493 e. The first kappa shape index (κ1) is 22.6. The van der Waals surface area contributed by atoms with Crippen molar-refractivity contribution in [1.82, 2.24) is 4.90 Å². The molecule has 0 atom stereocenters. The van der Waals surface area contributed by atoms with E-state index in [4.69, 9.17) is 23.7 Å². The van der Waals surface area contributed by atoms with Gasteiger partial charge in [0.1, 0.15) is 18.2 Å². The molecule has 0 bridgehead atoms. The largest absolute Gasteiger partial charge is 0.493 e. The first-order valence-corrected chi connectivity index (χ1v) is 11.8. The third-order valence-corrected chi connectivity index (χ3v) is 7.04. The van der Waals surface area contributed by atoms with E-state index in [1.54, 1.807) is 39.5 Å². The van der Waals surface area contributed by atoms with Crippen molar-refractivity contribution in [3.05, 3.63) is 46.2 Å². The highest BCUT2D eigenvalue weighted by molar-refractivity contribution is 6.15. The predicted octanol–water partition coefficient (Wildman–Crippen LogP) is 5.12. The van der Waals surface area contributed by atoms with Crippen LogP contribution in [-0.2, 0) is 6.54 Å². The Kier molecular flexibility index (Phi) is 6.13. The van der Waals surface area contributed by atoms with Crippen molar-refractivity contribution in [2.24, 2.45) is 0 Å². The van der Waals surface area contributed by atoms with Gasteiger partial charge in [-0.05, 0) is 49.6 Å². The van der Waals surface area contributed by atoms with Crippen molar-refractivity contribution < 1.29 is 28.5 Å². The maximum atomic E-state index is 13.3. The van der Waals surface area contributed by atoms with Gasteiger partial charge in [-0.2, -0.15) is 0 Å². The molecular formula is C27H31NO6. The number of carbonyl (C=O) groups excluding carboxylic acids is 1. The maximum absolute atomic E-state index is 13.3. The Balaban J connectivity index is 1.45. The Morgan fingerprint density at radius 3 is 2.32 bits per heavy atom. The van der Waals surface area contributed by atoms with Gasteiger partial charge in [-0.1, -0.05) is 19.3 Å². The van der Waals surface area contributed by atoms with E-state index in [2.05, 4.69) is 4.90 Å². The molecule has 1 aliphatic carbocycles. The van der Waals surface area contributed by atoms with Crippen LogP contribution in [0.5, 0.6) is 28.7 Å². The molecule has 2 aliphatic heterocycles. The maximum Gasteiger partial charge on any atom is 0.231 e. The van der Waals surface area contributed by atoms with E-state index >= 15 is 0 Å². The Bertz CT molecular complexity index is 1120. The number of Topliss-reactive ketones (excluding diaryl/α,β-unsaturated/α-hetero) is 1. The molecule has 0 unspecified atom stereocenters. The van der Waals surface area contributed by atoms with Gasteiger partial charge in [-0.3, -0.25) is 9.69 Å². The molecule has 3 aliphatic rings. The molecule has 2 aromatic rings. The molecule has 1 fully saturated rings. The third-order valence-electron chi connectivity index (χ3n) is 7.04. The van der Waals surface area contributed by atoms with Gasteiger partial charge in [0.25, 0.3) is 0 Å². The fourth-order valence-electron chi connectivity index (χ4n) is 5.28. The van der Waals surface area contributed by atoms with Crippen LogP contribution in [0.15, 0.2) is 24.0 Å². The fourth-order valence-corrected chi connectivity index (χ4v) is 5.28. The van der Waals surface area contributed by atoms with Gasteiger partial charge >= 0.3 is 0 Å². The molecule has 2 aromatic carbocycles. The van der Waals surface area contributed by atoms with Crippen LogP contribution in [0.3, 0.4) is 0 Å². The number of allylic oxidation sites excluding steroid dienone is 1. The van der Waals surface area contributed by atoms with Crippen molar-refractivity contribution >= 4 is 11.9 Å². The van der Waals surface area contributed by atoms with Crippen LogP contribution in [0, 0.1) is 6.92 Å². The van der Waals surface area contributed by atoms with E-state index in [0.29, 0.717) is 46.9 Å². The number of rotatable bonds is 5. The standard InChI is InChI=1S/C27H31NO6/c1-16-25-18(14-28(15-33-25)19-8-6-5-7-9-19)13-20-24(29)21(34-26(16)20)10-17-11-22(30-2)27(32-4)23(12-17)31-3/h10-13,19H,5-9,14-15H2,1-4H3/b21-10-. The lowest BCUT2D eigenvalue weighted by Gasteiger charge is -2.37. The first-order valence-electron chi connectivity index (χ1n) is 11.8. The molecule has 0 spiro atoms. The Labute approximate surface area is 200 Å². The molecule has 180 valence electrons. The second-order valence-corrected chi connectivity index (χ2v) is 9.08. The summed E-state index contributed by atoms with van der Waals surface area (Å²) in [4.78, 5) is 15.7. The van der Waals surface area contributed by atoms with E-state index in [1.165, 1.54) is 32.1 Å². The van der Waals surface area contributed by atoms with Gasteiger partial charge in [0.05, 0.1) is 26.9 Å². The van der Waals surface area contributed by atoms with E-state index in [-0.39, 0.29) is 11.5 Å². The van der Waals surface area contributed by atoms with Crippen LogP contribution in [0.25, 0.3) is 6.08 Å². The number of ketones is 1. The lowest BCUT2D eigenvalue weighted by molar-refractivity contribution is 0.0397. The summed E-state index contributed by atoms with van der Waals surface area (Å²) in [5.74, 6) is 3.07. The van der Waals surface area contributed by atoms with Crippen LogP contribution in [0.4, 0.5) is 0 Å². The molecule has 7 heteroatoms. The predicted molar refractivity (Wildman–Crippen MR) is 128 cm³/mol. The molecule has 1 saturated carbocycles. The SMILES string of the molecule is COc1cc(/C=C2\Oc3c(cc4c(c3C)OCN(C3CCCCC3)C4)C2=O)cc(OC)c1OC. The molecule has 34 heavy (non-hydrogen) atoms. The summed E-state index contributed by atoms with van der Waals surface area (Å²) in [6.45, 7) is 3.34. The number of carbonyl (C=O) groups is 1. The number of hydrogen-bond donors (Lipinski definition) is 0. The molecule has 0 aromatic heterocycles. The lowest BCUT2D eigenvalue weighted by Crippen LogP contribution is -2.41. The molecule has 0 N–H and O–H groups in total. The molecule has 0 saturated heterocycles. The normalized spacial score (nSPS) is 19.3. The summed E-state index contributed by atoms with van der Waals surface area (Å²) >= 11 is 0. The number of nitrogens with zero attached hydrogens (tertiary/aromatic N) is 1. The van der Waals surface area contributed by atoms with Crippen LogP contribution in [-0.4, -0.2) is 44.8 Å². The van der Waals surface area contributed by atoms with E-state index < -0.39 is 0 Å². The van der Waals surface area contributed by atoms with Gasteiger partial charge in [-0.15, -0.1) is 0 Å². The molecule has 0 amide bonds. The summed E-state index contributed by atoms with van der Waals surface area (Å²) in [5.41, 5.74) is 3.23. The topological polar surface area (TPSA) is 66.5 Å². The monoisotopic (exact) mass is 465 g/mol.